The predicted octanol–water partition coefficient (Wildman–Crippen LogP) is 3.11. The molecule has 0 aliphatic carbocycles. The Morgan fingerprint density at radius 3 is 2.67 bits per heavy atom. The molecule has 138 valence electrons. The molecule has 0 spiro atoms. The van der Waals surface area contributed by atoms with Gasteiger partial charge in [-0.25, -0.2) is 9.69 Å². The van der Waals surface area contributed by atoms with Gasteiger partial charge < -0.3 is 9.84 Å². The summed E-state index contributed by atoms with van der Waals surface area (Å²) < 4.78 is 5.39. The van der Waals surface area contributed by atoms with E-state index < -0.39 is 17.8 Å². The Morgan fingerprint density at radius 2 is 1.96 bits per heavy atom. The highest BCUT2D eigenvalue weighted by Gasteiger charge is 2.36. The molecule has 8 heteroatoms. The summed E-state index contributed by atoms with van der Waals surface area (Å²) in [5.41, 5.74) is 0.456. The van der Waals surface area contributed by atoms with E-state index in [9.17, 15) is 19.5 Å². The molecule has 0 saturated carbocycles. The van der Waals surface area contributed by atoms with Gasteiger partial charge in [-0.2, -0.15) is 0 Å². The molecular weight excluding hydrogens is 372 g/mol. The number of carbonyl (C=O) groups excluding carboxylic acids is 3. The second-order valence-electron chi connectivity index (χ2n) is 5.60. The van der Waals surface area contributed by atoms with Gasteiger partial charge in [0.2, 0.25) is 0 Å². The van der Waals surface area contributed by atoms with Crippen LogP contribution in [0.2, 0.25) is 5.02 Å². The summed E-state index contributed by atoms with van der Waals surface area (Å²) in [5.74, 6) is -1.22. The first kappa shape index (κ1) is 18.5. The summed E-state index contributed by atoms with van der Waals surface area (Å²) in [7, 11) is 0. The number of amides is 4. The van der Waals surface area contributed by atoms with Crippen LogP contribution in [-0.2, 0) is 9.59 Å². The first-order chi connectivity index (χ1) is 12.9. The first-order valence-electron chi connectivity index (χ1n) is 8.03. The summed E-state index contributed by atoms with van der Waals surface area (Å²) >= 11 is 5.86. The molecule has 1 aliphatic rings. The van der Waals surface area contributed by atoms with Crippen molar-refractivity contribution in [2.45, 2.75) is 6.92 Å². The van der Waals surface area contributed by atoms with Gasteiger partial charge in [-0.3, -0.25) is 14.9 Å². The zero-order chi connectivity index (χ0) is 19.6. The fourth-order valence-electron chi connectivity index (χ4n) is 2.55. The van der Waals surface area contributed by atoms with Crippen molar-refractivity contribution in [1.29, 1.82) is 0 Å². The molecule has 0 aromatic heterocycles. The number of nitrogens with one attached hydrogen (secondary N) is 1. The third-order valence-corrected chi connectivity index (χ3v) is 4.07. The number of imide groups is 2. The van der Waals surface area contributed by atoms with Crippen molar-refractivity contribution in [3.63, 3.8) is 0 Å². The van der Waals surface area contributed by atoms with Crippen LogP contribution in [-0.4, -0.2) is 29.6 Å². The number of benzene rings is 2. The molecule has 1 fully saturated rings. The molecule has 7 nitrogen and oxygen atoms in total. The van der Waals surface area contributed by atoms with Crippen LogP contribution in [0.1, 0.15) is 12.5 Å². The standard InChI is InChI=1S/C19H15ClN2O5/c1-2-27-13-5-3-4-12(10-13)22-18(25)14(17(24)21-19(22)26)8-11-6-7-16(23)15(20)9-11/h3-10,23H,2H2,1H3,(H,21,24,26)/b14-8+. The smallest absolute Gasteiger partial charge is 0.335 e. The van der Waals surface area contributed by atoms with E-state index in [2.05, 4.69) is 5.32 Å². The molecule has 0 unspecified atom stereocenters. The van der Waals surface area contributed by atoms with E-state index in [-0.39, 0.29) is 22.0 Å². The second kappa shape index (κ2) is 7.51. The number of phenolic OH excluding ortho intramolecular Hbond substituents is 1. The van der Waals surface area contributed by atoms with E-state index in [1.54, 1.807) is 18.2 Å². The van der Waals surface area contributed by atoms with Crippen molar-refractivity contribution in [2.75, 3.05) is 11.5 Å². The highest BCUT2D eigenvalue weighted by molar-refractivity contribution is 6.39. The molecule has 1 saturated heterocycles. The van der Waals surface area contributed by atoms with Crippen LogP contribution in [0.4, 0.5) is 10.5 Å². The van der Waals surface area contributed by atoms with E-state index in [0.717, 1.165) is 4.90 Å². The number of barbiturate groups is 1. The van der Waals surface area contributed by atoms with E-state index in [0.29, 0.717) is 17.9 Å². The third kappa shape index (κ3) is 3.78. The van der Waals surface area contributed by atoms with E-state index in [4.69, 9.17) is 16.3 Å². The Labute approximate surface area is 159 Å². The fourth-order valence-corrected chi connectivity index (χ4v) is 2.74. The Hall–Kier alpha value is -3.32. The van der Waals surface area contributed by atoms with Crippen molar-refractivity contribution in [2.24, 2.45) is 0 Å². The topological polar surface area (TPSA) is 95.9 Å². The van der Waals surface area contributed by atoms with Crippen molar-refractivity contribution in [1.82, 2.24) is 5.32 Å². The molecule has 27 heavy (non-hydrogen) atoms. The summed E-state index contributed by atoms with van der Waals surface area (Å²) in [6.07, 6.45) is 1.30. The maximum atomic E-state index is 12.8. The van der Waals surface area contributed by atoms with Crippen LogP contribution < -0.4 is 15.0 Å². The number of hydrogen-bond acceptors (Lipinski definition) is 5. The Morgan fingerprint density at radius 1 is 1.19 bits per heavy atom. The fraction of sp³-hybridized carbons (Fsp3) is 0.105. The number of anilines is 1. The average molecular weight is 387 g/mol. The number of halogens is 1. The van der Waals surface area contributed by atoms with Gasteiger partial charge in [0.15, 0.2) is 0 Å². The number of rotatable bonds is 4. The molecule has 1 heterocycles. The number of nitrogens with zero attached hydrogens (tertiary/aromatic N) is 1. The molecular formula is C19H15ClN2O5. The number of ether oxygens (including phenoxy) is 1. The maximum Gasteiger partial charge on any atom is 0.335 e. The summed E-state index contributed by atoms with van der Waals surface area (Å²) in [4.78, 5) is 38.1. The highest BCUT2D eigenvalue weighted by atomic mass is 35.5. The largest absolute Gasteiger partial charge is 0.506 e. The average Bonchev–Trinajstić information content (AvgIpc) is 2.62. The Kier molecular flexibility index (Phi) is 5.14. The molecule has 2 aromatic rings. The zero-order valence-corrected chi connectivity index (χ0v) is 15.0. The Bertz CT molecular complexity index is 970. The SMILES string of the molecule is CCOc1cccc(N2C(=O)NC(=O)/C(=C\c3ccc(O)c(Cl)c3)C2=O)c1. The van der Waals surface area contributed by atoms with Crippen LogP contribution in [0, 0.1) is 0 Å². The van der Waals surface area contributed by atoms with Gasteiger partial charge in [0.25, 0.3) is 11.8 Å². The van der Waals surface area contributed by atoms with Gasteiger partial charge in [-0.15, -0.1) is 0 Å². The number of aromatic hydroxyl groups is 1. The lowest BCUT2D eigenvalue weighted by molar-refractivity contribution is -0.122. The lowest BCUT2D eigenvalue weighted by Gasteiger charge is -2.26. The number of phenols is 1. The molecule has 0 bridgehead atoms. The molecule has 4 amide bonds. The van der Waals surface area contributed by atoms with Gasteiger partial charge in [0.1, 0.15) is 17.1 Å². The molecule has 2 aromatic carbocycles. The van der Waals surface area contributed by atoms with Crippen LogP contribution in [0.15, 0.2) is 48.0 Å². The lowest BCUT2D eigenvalue weighted by atomic mass is 10.1. The van der Waals surface area contributed by atoms with E-state index >= 15 is 0 Å². The minimum atomic E-state index is -0.848. The van der Waals surface area contributed by atoms with E-state index in [1.807, 2.05) is 6.92 Å². The monoisotopic (exact) mass is 386 g/mol. The number of hydrogen-bond donors (Lipinski definition) is 2. The maximum absolute atomic E-state index is 12.8. The Balaban J connectivity index is 1.99. The van der Waals surface area contributed by atoms with Crippen LogP contribution in [0.5, 0.6) is 11.5 Å². The van der Waals surface area contributed by atoms with Crippen LogP contribution >= 0.6 is 11.6 Å². The summed E-state index contributed by atoms with van der Waals surface area (Å²) in [6, 6.07) is 9.82. The van der Waals surface area contributed by atoms with Gasteiger partial charge in [-0.1, -0.05) is 23.7 Å². The van der Waals surface area contributed by atoms with Crippen LogP contribution in [0.25, 0.3) is 6.08 Å². The van der Waals surface area contributed by atoms with Crippen molar-refractivity contribution < 1.29 is 24.2 Å². The number of carbonyl (C=O) groups is 3. The quantitative estimate of drug-likeness (QED) is 0.621. The molecule has 1 aliphatic heterocycles. The van der Waals surface area contributed by atoms with E-state index in [1.165, 1.54) is 30.3 Å². The number of urea groups is 1. The summed E-state index contributed by atoms with van der Waals surface area (Å²) in [5, 5.41) is 11.7. The van der Waals surface area contributed by atoms with Crippen molar-refractivity contribution in [3.8, 4) is 11.5 Å². The van der Waals surface area contributed by atoms with Crippen molar-refractivity contribution >= 4 is 41.2 Å². The van der Waals surface area contributed by atoms with Gasteiger partial charge >= 0.3 is 6.03 Å². The molecule has 0 radical (unpaired) electrons. The third-order valence-electron chi connectivity index (χ3n) is 3.77. The minimum Gasteiger partial charge on any atom is -0.506 e. The van der Waals surface area contributed by atoms with Gasteiger partial charge in [0, 0.05) is 6.07 Å². The molecule has 0 atom stereocenters. The van der Waals surface area contributed by atoms with Gasteiger partial charge in [0.05, 0.1) is 17.3 Å². The predicted molar refractivity (Wildman–Crippen MR) is 99.7 cm³/mol. The van der Waals surface area contributed by atoms with Crippen LogP contribution in [0.3, 0.4) is 0 Å². The lowest BCUT2D eigenvalue weighted by Crippen LogP contribution is -2.54. The second-order valence-corrected chi connectivity index (χ2v) is 6.01. The van der Waals surface area contributed by atoms with Crippen molar-refractivity contribution in [3.05, 3.63) is 58.6 Å². The van der Waals surface area contributed by atoms with Gasteiger partial charge in [-0.05, 0) is 42.8 Å². The molecule has 2 N–H and O–H groups in total. The zero-order valence-electron chi connectivity index (χ0n) is 14.2. The normalized spacial score (nSPS) is 15.9. The summed E-state index contributed by atoms with van der Waals surface area (Å²) in [6.45, 7) is 2.24. The highest BCUT2D eigenvalue weighted by Crippen LogP contribution is 2.27. The molecule has 3 rings (SSSR count). The first-order valence-corrected chi connectivity index (χ1v) is 8.41. The minimum absolute atomic E-state index is 0.0744.